The van der Waals surface area contributed by atoms with Crippen LogP contribution in [-0.2, 0) is 0 Å². The highest BCUT2D eigenvalue weighted by atomic mass is 19.1. The zero-order valence-electron chi connectivity index (χ0n) is 9.87. The molecule has 0 saturated carbocycles. The first kappa shape index (κ1) is 11.5. The van der Waals surface area contributed by atoms with Crippen LogP contribution >= 0.6 is 0 Å². The van der Waals surface area contributed by atoms with Gasteiger partial charge in [0.2, 0.25) is 0 Å². The molecule has 0 spiro atoms. The number of hydrogen-bond acceptors (Lipinski definition) is 3. The van der Waals surface area contributed by atoms with Gasteiger partial charge in [-0.15, -0.1) is 0 Å². The Morgan fingerprint density at radius 2 is 2.00 bits per heavy atom. The highest BCUT2D eigenvalue weighted by Crippen LogP contribution is 2.26. The number of benzene rings is 1. The van der Waals surface area contributed by atoms with Crippen LogP contribution in [0.25, 0.3) is 11.3 Å². The fraction of sp³-hybridized carbons (Fsp3) is 0.231. The molecule has 0 aliphatic heterocycles. The summed E-state index contributed by atoms with van der Waals surface area (Å²) in [6.07, 6.45) is 3.28. The summed E-state index contributed by atoms with van der Waals surface area (Å²) < 4.78 is 13.1. The quantitative estimate of drug-likeness (QED) is 0.882. The van der Waals surface area contributed by atoms with Gasteiger partial charge >= 0.3 is 0 Å². The van der Waals surface area contributed by atoms with Gasteiger partial charge in [-0.05, 0) is 37.6 Å². The fourth-order valence-electron chi connectivity index (χ4n) is 1.72. The lowest BCUT2D eigenvalue weighted by Crippen LogP contribution is -2.03. The van der Waals surface area contributed by atoms with Gasteiger partial charge in [0.1, 0.15) is 11.5 Å². The summed E-state index contributed by atoms with van der Waals surface area (Å²) in [7, 11) is 0. The Morgan fingerprint density at radius 3 is 2.71 bits per heavy atom. The molecule has 0 saturated heterocycles. The van der Waals surface area contributed by atoms with Crippen molar-refractivity contribution in [1.29, 1.82) is 0 Å². The maximum absolute atomic E-state index is 13.1. The van der Waals surface area contributed by atoms with Crippen molar-refractivity contribution in [1.82, 2.24) is 9.97 Å². The second-order valence-corrected chi connectivity index (χ2v) is 3.74. The molecule has 0 atom stereocenters. The van der Waals surface area contributed by atoms with Crippen molar-refractivity contribution < 1.29 is 4.39 Å². The van der Waals surface area contributed by atoms with Gasteiger partial charge in [-0.3, -0.25) is 4.98 Å². The minimum Gasteiger partial charge on any atom is -0.369 e. The van der Waals surface area contributed by atoms with Crippen molar-refractivity contribution in [2.45, 2.75) is 13.8 Å². The van der Waals surface area contributed by atoms with Crippen LogP contribution in [0.5, 0.6) is 0 Å². The average Bonchev–Trinajstić information content (AvgIpc) is 2.31. The molecule has 1 aromatic carbocycles. The first-order chi connectivity index (χ1) is 8.22. The van der Waals surface area contributed by atoms with Crippen molar-refractivity contribution >= 4 is 5.82 Å². The normalized spacial score (nSPS) is 10.3. The number of nitrogens with one attached hydrogen (secondary N) is 1. The van der Waals surface area contributed by atoms with Crippen LogP contribution in [0.1, 0.15) is 12.5 Å². The maximum Gasteiger partial charge on any atom is 0.152 e. The van der Waals surface area contributed by atoms with E-state index in [1.807, 2.05) is 13.8 Å². The van der Waals surface area contributed by atoms with Gasteiger partial charge < -0.3 is 5.32 Å². The molecule has 0 aliphatic rings. The summed E-state index contributed by atoms with van der Waals surface area (Å²) >= 11 is 0. The van der Waals surface area contributed by atoms with Gasteiger partial charge in [-0.25, -0.2) is 9.37 Å². The Balaban J connectivity index is 2.52. The van der Waals surface area contributed by atoms with Crippen LogP contribution in [0.2, 0.25) is 0 Å². The first-order valence-electron chi connectivity index (χ1n) is 5.53. The van der Waals surface area contributed by atoms with Crippen molar-refractivity contribution in [2.24, 2.45) is 0 Å². The Morgan fingerprint density at radius 1 is 1.24 bits per heavy atom. The third kappa shape index (κ3) is 2.41. The monoisotopic (exact) mass is 231 g/mol. The number of rotatable bonds is 3. The first-order valence-corrected chi connectivity index (χ1v) is 5.53. The van der Waals surface area contributed by atoms with Crippen LogP contribution in [0.4, 0.5) is 10.2 Å². The molecular weight excluding hydrogens is 217 g/mol. The van der Waals surface area contributed by atoms with E-state index in [2.05, 4.69) is 15.3 Å². The van der Waals surface area contributed by atoms with E-state index in [1.165, 1.54) is 12.1 Å². The molecule has 17 heavy (non-hydrogen) atoms. The summed E-state index contributed by atoms with van der Waals surface area (Å²) in [6.45, 7) is 4.63. The number of anilines is 1. The molecule has 0 bridgehead atoms. The Labute approximate surface area is 99.7 Å². The van der Waals surface area contributed by atoms with E-state index in [0.29, 0.717) is 0 Å². The minimum absolute atomic E-state index is 0.236. The molecule has 0 aliphatic carbocycles. The molecule has 4 heteroatoms. The molecule has 2 aromatic rings. The number of aromatic nitrogens is 2. The second-order valence-electron chi connectivity index (χ2n) is 3.74. The molecule has 1 aromatic heterocycles. The van der Waals surface area contributed by atoms with E-state index < -0.39 is 0 Å². The van der Waals surface area contributed by atoms with Crippen LogP contribution in [-0.4, -0.2) is 16.5 Å². The molecule has 3 nitrogen and oxygen atoms in total. The predicted molar refractivity (Wildman–Crippen MR) is 66.3 cm³/mol. The molecular formula is C13H14FN3. The lowest BCUT2D eigenvalue weighted by atomic mass is 10.1. The van der Waals surface area contributed by atoms with E-state index in [1.54, 1.807) is 18.5 Å². The van der Waals surface area contributed by atoms with Crippen LogP contribution in [0, 0.1) is 12.7 Å². The van der Waals surface area contributed by atoms with Gasteiger partial charge in [0.25, 0.3) is 0 Å². The smallest absolute Gasteiger partial charge is 0.152 e. The van der Waals surface area contributed by atoms with E-state index in [9.17, 15) is 4.39 Å². The summed E-state index contributed by atoms with van der Waals surface area (Å²) in [5.74, 6) is 0.491. The van der Waals surface area contributed by atoms with Gasteiger partial charge in [0.15, 0.2) is 5.82 Å². The standard InChI is InChI=1S/C13H14FN3/c1-3-15-13-12(16-6-7-17-13)11-5-4-10(14)8-9(11)2/h4-8H,3H2,1-2H3,(H,15,17). The Hall–Kier alpha value is -1.97. The Kier molecular flexibility index (Phi) is 3.32. The average molecular weight is 231 g/mol. The fourth-order valence-corrected chi connectivity index (χ4v) is 1.72. The zero-order chi connectivity index (χ0) is 12.3. The molecule has 0 unspecified atom stereocenters. The van der Waals surface area contributed by atoms with Crippen molar-refractivity contribution in [3.05, 3.63) is 42.0 Å². The van der Waals surface area contributed by atoms with E-state index in [4.69, 9.17) is 0 Å². The van der Waals surface area contributed by atoms with Gasteiger partial charge in [0, 0.05) is 24.5 Å². The molecule has 0 radical (unpaired) electrons. The van der Waals surface area contributed by atoms with Crippen LogP contribution in [0.3, 0.4) is 0 Å². The lowest BCUT2D eigenvalue weighted by molar-refractivity contribution is 0.627. The van der Waals surface area contributed by atoms with E-state index in [-0.39, 0.29) is 5.82 Å². The van der Waals surface area contributed by atoms with E-state index in [0.717, 1.165) is 29.2 Å². The Bertz CT molecular complexity index is 526. The summed E-state index contributed by atoms with van der Waals surface area (Å²) in [6, 6.07) is 4.67. The molecule has 2 rings (SSSR count). The largest absolute Gasteiger partial charge is 0.369 e. The highest BCUT2D eigenvalue weighted by molar-refractivity contribution is 5.73. The third-order valence-corrected chi connectivity index (χ3v) is 2.49. The van der Waals surface area contributed by atoms with Crippen molar-refractivity contribution in [2.75, 3.05) is 11.9 Å². The van der Waals surface area contributed by atoms with E-state index >= 15 is 0 Å². The van der Waals surface area contributed by atoms with Crippen molar-refractivity contribution in [3.63, 3.8) is 0 Å². The predicted octanol–water partition coefficient (Wildman–Crippen LogP) is 3.02. The number of aryl methyl sites for hydroxylation is 1. The van der Waals surface area contributed by atoms with Gasteiger partial charge in [0.05, 0.1) is 0 Å². The topological polar surface area (TPSA) is 37.8 Å². The zero-order valence-corrected chi connectivity index (χ0v) is 9.87. The van der Waals surface area contributed by atoms with Gasteiger partial charge in [-0.1, -0.05) is 0 Å². The van der Waals surface area contributed by atoms with Gasteiger partial charge in [-0.2, -0.15) is 0 Å². The van der Waals surface area contributed by atoms with Crippen LogP contribution < -0.4 is 5.32 Å². The number of hydrogen-bond donors (Lipinski definition) is 1. The third-order valence-electron chi connectivity index (χ3n) is 2.49. The number of nitrogens with zero attached hydrogens (tertiary/aromatic N) is 2. The highest BCUT2D eigenvalue weighted by Gasteiger charge is 2.09. The lowest BCUT2D eigenvalue weighted by Gasteiger charge is -2.10. The van der Waals surface area contributed by atoms with Crippen LogP contribution in [0.15, 0.2) is 30.6 Å². The molecule has 1 heterocycles. The molecule has 0 fully saturated rings. The summed E-state index contributed by atoms with van der Waals surface area (Å²) in [5, 5.41) is 3.15. The number of halogens is 1. The second kappa shape index (κ2) is 4.91. The molecule has 88 valence electrons. The summed E-state index contributed by atoms with van der Waals surface area (Å²) in [4.78, 5) is 8.55. The maximum atomic E-state index is 13.1. The minimum atomic E-state index is -0.236. The summed E-state index contributed by atoms with van der Waals surface area (Å²) in [5.41, 5.74) is 2.51. The molecule has 1 N–H and O–H groups in total. The molecule has 0 amide bonds. The SMILES string of the molecule is CCNc1nccnc1-c1ccc(F)cc1C. The van der Waals surface area contributed by atoms with Crippen molar-refractivity contribution in [3.8, 4) is 11.3 Å².